The summed E-state index contributed by atoms with van der Waals surface area (Å²) in [6.07, 6.45) is 2.04. The van der Waals surface area contributed by atoms with Crippen LogP contribution >= 0.6 is 0 Å². The Morgan fingerprint density at radius 3 is 3.08 bits per heavy atom. The molecule has 5 heteroatoms. The largest absolute Gasteiger partial charge is 0.350 e. The Labute approximate surface area is 71.6 Å². The second-order valence-corrected chi connectivity index (χ2v) is 3.00. The molecule has 1 aliphatic rings. The van der Waals surface area contributed by atoms with E-state index in [1.54, 1.807) is 0 Å². The van der Waals surface area contributed by atoms with Crippen LogP contribution in [0.3, 0.4) is 0 Å². The molecular formula is C7H14N4O. The second kappa shape index (κ2) is 4.06. The van der Waals surface area contributed by atoms with Gasteiger partial charge in [-0.05, 0) is 26.4 Å². The number of amides is 2. The van der Waals surface area contributed by atoms with Crippen molar-refractivity contribution in [1.82, 2.24) is 10.3 Å². The molecule has 1 rings (SSSR count). The summed E-state index contributed by atoms with van der Waals surface area (Å²) in [6.45, 7) is 1.91. The minimum absolute atomic E-state index is 0.601. The Bertz CT molecular complexity index is 202. The number of urea groups is 1. The monoisotopic (exact) mass is 170 g/mol. The molecule has 1 aliphatic heterocycles. The van der Waals surface area contributed by atoms with Crippen molar-refractivity contribution in [3.63, 3.8) is 0 Å². The normalized spacial score (nSPS) is 22.6. The quantitative estimate of drug-likeness (QED) is 0.532. The minimum Gasteiger partial charge on any atom is -0.350 e. The lowest BCUT2D eigenvalue weighted by molar-refractivity contribution is 0.249. The summed E-state index contributed by atoms with van der Waals surface area (Å²) in [4.78, 5) is 12.5. The molecule has 0 bridgehead atoms. The zero-order valence-electron chi connectivity index (χ0n) is 7.21. The summed E-state index contributed by atoms with van der Waals surface area (Å²) in [6, 6.07) is -0.601. The van der Waals surface area contributed by atoms with Crippen molar-refractivity contribution >= 4 is 11.7 Å². The maximum absolute atomic E-state index is 10.3. The van der Waals surface area contributed by atoms with E-state index in [0.29, 0.717) is 0 Å². The van der Waals surface area contributed by atoms with E-state index in [1.165, 1.54) is 0 Å². The lowest BCUT2D eigenvalue weighted by atomic mass is 10.1. The molecule has 12 heavy (non-hydrogen) atoms. The topological polar surface area (TPSA) is 70.7 Å². The van der Waals surface area contributed by atoms with Crippen LogP contribution in [-0.4, -0.2) is 36.8 Å². The van der Waals surface area contributed by atoms with Crippen molar-refractivity contribution in [1.29, 1.82) is 0 Å². The fraction of sp³-hybridized carbons (Fsp3) is 0.714. The molecule has 3 N–H and O–H groups in total. The Hall–Kier alpha value is -1.10. The number of rotatable bonds is 1. The van der Waals surface area contributed by atoms with Crippen LogP contribution in [0.2, 0.25) is 0 Å². The third-order valence-corrected chi connectivity index (χ3v) is 1.78. The Morgan fingerprint density at radius 1 is 1.75 bits per heavy atom. The van der Waals surface area contributed by atoms with E-state index in [-0.39, 0.29) is 0 Å². The molecule has 0 aromatic heterocycles. The van der Waals surface area contributed by atoms with Crippen LogP contribution in [-0.2, 0) is 0 Å². The third-order valence-electron chi connectivity index (χ3n) is 1.78. The van der Waals surface area contributed by atoms with Crippen molar-refractivity contribution < 1.29 is 4.79 Å². The molecule has 1 heterocycles. The number of primary amides is 1. The first-order valence-electron chi connectivity index (χ1n) is 3.98. The number of carbonyl (C=O) groups excluding carboxylic acids is 1. The molecule has 2 amide bonds. The molecule has 0 aliphatic carbocycles. The molecule has 1 fully saturated rings. The first kappa shape index (κ1) is 8.99. The SMILES string of the molecule is CN1CCCC(=NNC(N)=O)C1. The van der Waals surface area contributed by atoms with Crippen molar-refractivity contribution in [3.05, 3.63) is 0 Å². The number of nitrogens with zero attached hydrogens (tertiary/aromatic N) is 2. The van der Waals surface area contributed by atoms with Crippen LogP contribution in [0.15, 0.2) is 5.10 Å². The summed E-state index contributed by atoms with van der Waals surface area (Å²) >= 11 is 0. The molecule has 1 saturated heterocycles. The second-order valence-electron chi connectivity index (χ2n) is 3.00. The number of hydrogen-bond donors (Lipinski definition) is 2. The van der Waals surface area contributed by atoms with E-state index < -0.39 is 6.03 Å². The molecule has 0 aromatic carbocycles. The maximum atomic E-state index is 10.3. The number of hydrazone groups is 1. The summed E-state index contributed by atoms with van der Waals surface area (Å²) in [7, 11) is 2.03. The van der Waals surface area contributed by atoms with Gasteiger partial charge in [-0.25, -0.2) is 10.2 Å². The van der Waals surface area contributed by atoms with Gasteiger partial charge >= 0.3 is 6.03 Å². The highest BCUT2D eigenvalue weighted by molar-refractivity contribution is 5.88. The highest BCUT2D eigenvalue weighted by Crippen LogP contribution is 2.03. The Morgan fingerprint density at radius 2 is 2.50 bits per heavy atom. The number of nitrogens with one attached hydrogen (secondary N) is 1. The first-order valence-corrected chi connectivity index (χ1v) is 3.98. The number of piperidine rings is 1. The van der Waals surface area contributed by atoms with E-state index in [2.05, 4.69) is 15.4 Å². The standard InChI is InChI=1S/C7H14N4O/c1-11-4-2-3-6(5-11)9-10-7(8)12/h2-5H2,1H3,(H3,8,10,12). The molecule has 5 nitrogen and oxygen atoms in total. The van der Waals surface area contributed by atoms with Crippen molar-refractivity contribution in [3.8, 4) is 0 Å². The van der Waals surface area contributed by atoms with Crippen LogP contribution < -0.4 is 11.2 Å². The molecule has 0 unspecified atom stereocenters. The van der Waals surface area contributed by atoms with Gasteiger partial charge in [0.05, 0.1) is 5.71 Å². The van der Waals surface area contributed by atoms with Gasteiger partial charge in [0.1, 0.15) is 0 Å². The van der Waals surface area contributed by atoms with Gasteiger partial charge in [0.2, 0.25) is 0 Å². The highest BCUT2D eigenvalue weighted by atomic mass is 16.2. The molecule has 0 atom stereocenters. The van der Waals surface area contributed by atoms with E-state index in [9.17, 15) is 4.79 Å². The number of hydrogen-bond acceptors (Lipinski definition) is 3. The summed E-state index contributed by atoms with van der Waals surface area (Å²) in [5.74, 6) is 0. The van der Waals surface area contributed by atoms with Gasteiger partial charge in [0, 0.05) is 6.54 Å². The van der Waals surface area contributed by atoms with Crippen LogP contribution in [0.1, 0.15) is 12.8 Å². The van der Waals surface area contributed by atoms with Gasteiger partial charge in [-0.15, -0.1) is 0 Å². The Kier molecular flexibility index (Phi) is 3.04. The van der Waals surface area contributed by atoms with Gasteiger partial charge in [0.25, 0.3) is 0 Å². The van der Waals surface area contributed by atoms with Gasteiger partial charge in [-0.1, -0.05) is 0 Å². The van der Waals surface area contributed by atoms with E-state index in [4.69, 9.17) is 5.73 Å². The zero-order valence-corrected chi connectivity index (χ0v) is 7.21. The lowest BCUT2D eigenvalue weighted by Gasteiger charge is -2.22. The molecule has 68 valence electrons. The number of likely N-dealkylation sites (tertiary alicyclic amines) is 1. The van der Waals surface area contributed by atoms with Crippen LogP contribution in [0.25, 0.3) is 0 Å². The van der Waals surface area contributed by atoms with Gasteiger partial charge in [0.15, 0.2) is 0 Å². The fourth-order valence-electron chi connectivity index (χ4n) is 1.25. The molecule has 0 spiro atoms. The average Bonchev–Trinajstić information content (AvgIpc) is 2.01. The predicted octanol–water partition coefficient (Wildman–Crippen LogP) is -0.264. The highest BCUT2D eigenvalue weighted by Gasteiger charge is 2.11. The van der Waals surface area contributed by atoms with Gasteiger partial charge in [-0.3, -0.25) is 0 Å². The number of nitrogens with two attached hydrogens (primary N) is 1. The third kappa shape index (κ3) is 2.87. The lowest BCUT2D eigenvalue weighted by Crippen LogP contribution is -2.35. The van der Waals surface area contributed by atoms with Gasteiger partial charge < -0.3 is 10.6 Å². The molecule has 0 aromatic rings. The number of carbonyl (C=O) groups is 1. The summed E-state index contributed by atoms with van der Waals surface area (Å²) in [5.41, 5.74) is 8.10. The summed E-state index contributed by atoms with van der Waals surface area (Å²) in [5, 5.41) is 3.88. The minimum atomic E-state index is -0.601. The molecule has 0 saturated carbocycles. The van der Waals surface area contributed by atoms with Crippen LogP contribution in [0.4, 0.5) is 4.79 Å². The van der Waals surface area contributed by atoms with Crippen molar-refractivity contribution in [2.24, 2.45) is 10.8 Å². The zero-order chi connectivity index (χ0) is 8.97. The van der Waals surface area contributed by atoms with Crippen molar-refractivity contribution in [2.75, 3.05) is 20.1 Å². The molecule has 0 radical (unpaired) electrons. The summed E-state index contributed by atoms with van der Waals surface area (Å²) < 4.78 is 0. The van der Waals surface area contributed by atoms with Crippen LogP contribution in [0.5, 0.6) is 0 Å². The first-order chi connectivity index (χ1) is 5.68. The van der Waals surface area contributed by atoms with Crippen molar-refractivity contribution in [2.45, 2.75) is 12.8 Å². The van der Waals surface area contributed by atoms with E-state index in [0.717, 1.165) is 31.6 Å². The van der Waals surface area contributed by atoms with Crippen LogP contribution in [0, 0.1) is 0 Å². The molecular weight excluding hydrogens is 156 g/mol. The predicted molar refractivity (Wildman–Crippen MR) is 46.9 cm³/mol. The Balaban J connectivity index is 2.39. The smallest absolute Gasteiger partial charge is 0.332 e. The van der Waals surface area contributed by atoms with E-state index >= 15 is 0 Å². The van der Waals surface area contributed by atoms with E-state index in [1.807, 2.05) is 7.05 Å². The van der Waals surface area contributed by atoms with Gasteiger partial charge in [-0.2, -0.15) is 5.10 Å². The maximum Gasteiger partial charge on any atom is 0.332 e. The fourth-order valence-corrected chi connectivity index (χ4v) is 1.25. The average molecular weight is 170 g/mol.